The summed E-state index contributed by atoms with van der Waals surface area (Å²) in [6.45, 7) is 0. The predicted molar refractivity (Wildman–Crippen MR) is 81.8 cm³/mol. The number of hydrogen-bond acceptors (Lipinski definition) is 3. The van der Waals surface area contributed by atoms with E-state index in [-0.39, 0.29) is 11.7 Å². The standard InChI is InChI=1S/C16H14FN3O2/c1-20(10-6-7-15(22-2)18-9-10)16(21)14-8-11-12(17)4-3-5-13(11)19-14/h3-9,19H,1-2H3. The zero-order chi connectivity index (χ0) is 15.7. The number of ether oxygens (including phenoxy) is 1. The first-order valence-electron chi connectivity index (χ1n) is 6.65. The number of carbonyl (C=O) groups is 1. The van der Waals surface area contributed by atoms with Crippen LogP contribution >= 0.6 is 0 Å². The van der Waals surface area contributed by atoms with Gasteiger partial charge in [-0.15, -0.1) is 0 Å². The van der Waals surface area contributed by atoms with E-state index in [1.165, 1.54) is 24.1 Å². The van der Waals surface area contributed by atoms with Gasteiger partial charge in [0.15, 0.2) is 0 Å². The Balaban J connectivity index is 1.92. The highest BCUT2D eigenvalue weighted by atomic mass is 19.1. The Kier molecular flexibility index (Phi) is 3.50. The van der Waals surface area contributed by atoms with Gasteiger partial charge in [-0.2, -0.15) is 0 Å². The molecule has 2 heterocycles. The number of H-pyrrole nitrogens is 1. The van der Waals surface area contributed by atoms with E-state index < -0.39 is 0 Å². The predicted octanol–water partition coefficient (Wildman–Crippen LogP) is 2.99. The summed E-state index contributed by atoms with van der Waals surface area (Å²) >= 11 is 0. The van der Waals surface area contributed by atoms with Crippen LogP contribution in [-0.2, 0) is 0 Å². The lowest BCUT2D eigenvalue weighted by Gasteiger charge is -2.16. The molecule has 0 aliphatic carbocycles. The molecule has 22 heavy (non-hydrogen) atoms. The first kappa shape index (κ1) is 14.1. The fourth-order valence-corrected chi connectivity index (χ4v) is 2.22. The van der Waals surface area contributed by atoms with E-state index in [0.29, 0.717) is 28.2 Å². The Bertz CT molecular complexity index is 827. The molecule has 3 aromatic rings. The number of methoxy groups -OCH3 is 1. The normalized spacial score (nSPS) is 10.7. The van der Waals surface area contributed by atoms with Gasteiger partial charge >= 0.3 is 0 Å². The van der Waals surface area contributed by atoms with Crippen LogP contribution in [0.1, 0.15) is 10.5 Å². The van der Waals surface area contributed by atoms with Crippen molar-refractivity contribution in [2.24, 2.45) is 0 Å². The van der Waals surface area contributed by atoms with E-state index in [9.17, 15) is 9.18 Å². The molecule has 0 radical (unpaired) electrons. The van der Waals surface area contributed by atoms with Gasteiger partial charge in [-0.1, -0.05) is 6.07 Å². The molecule has 112 valence electrons. The number of amides is 1. The largest absolute Gasteiger partial charge is 0.481 e. The number of benzene rings is 1. The summed E-state index contributed by atoms with van der Waals surface area (Å²) in [5.41, 5.74) is 1.52. The van der Waals surface area contributed by atoms with Crippen molar-refractivity contribution < 1.29 is 13.9 Å². The number of fused-ring (bicyclic) bond motifs is 1. The minimum atomic E-state index is -0.360. The van der Waals surface area contributed by atoms with Gasteiger partial charge in [-0.05, 0) is 24.3 Å². The number of pyridine rings is 1. The first-order chi connectivity index (χ1) is 10.6. The quantitative estimate of drug-likeness (QED) is 0.809. The third kappa shape index (κ3) is 2.39. The fraction of sp³-hybridized carbons (Fsp3) is 0.125. The lowest BCUT2D eigenvalue weighted by molar-refractivity contribution is 0.0989. The Hall–Kier alpha value is -2.89. The maximum Gasteiger partial charge on any atom is 0.274 e. The van der Waals surface area contributed by atoms with Crippen LogP contribution in [0.15, 0.2) is 42.6 Å². The molecule has 3 rings (SSSR count). The average Bonchev–Trinajstić information content (AvgIpc) is 2.99. The maximum atomic E-state index is 13.7. The van der Waals surface area contributed by atoms with Gasteiger partial charge in [0.25, 0.3) is 5.91 Å². The lowest BCUT2D eigenvalue weighted by Crippen LogP contribution is -2.26. The molecule has 0 spiro atoms. The molecule has 1 N–H and O–H groups in total. The molecule has 0 saturated carbocycles. The second kappa shape index (κ2) is 5.48. The SMILES string of the molecule is COc1ccc(N(C)C(=O)c2cc3c(F)cccc3[nH]2)cn1. The summed E-state index contributed by atoms with van der Waals surface area (Å²) in [4.78, 5) is 20.9. The molecule has 0 saturated heterocycles. The molecule has 0 bridgehead atoms. The second-order valence-electron chi connectivity index (χ2n) is 4.81. The highest BCUT2D eigenvalue weighted by Crippen LogP contribution is 2.21. The maximum absolute atomic E-state index is 13.7. The van der Waals surface area contributed by atoms with Crippen molar-refractivity contribution in [2.75, 3.05) is 19.1 Å². The molecule has 0 unspecified atom stereocenters. The van der Waals surface area contributed by atoms with Crippen LogP contribution in [0, 0.1) is 5.82 Å². The Morgan fingerprint density at radius 2 is 2.14 bits per heavy atom. The van der Waals surface area contributed by atoms with Gasteiger partial charge in [0, 0.05) is 24.0 Å². The zero-order valence-electron chi connectivity index (χ0n) is 12.1. The van der Waals surface area contributed by atoms with Crippen LogP contribution in [-0.4, -0.2) is 30.0 Å². The highest BCUT2D eigenvalue weighted by Gasteiger charge is 2.17. The molecular weight excluding hydrogens is 285 g/mol. The van der Waals surface area contributed by atoms with E-state index in [1.807, 2.05) is 0 Å². The van der Waals surface area contributed by atoms with Crippen molar-refractivity contribution in [1.82, 2.24) is 9.97 Å². The lowest BCUT2D eigenvalue weighted by atomic mass is 10.2. The third-order valence-electron chi connectivity index (χ3n) is 3.46. The molecule has 2 aromatic heterocycles. The zero-order valence-corrected chi connectivity index (χ0v) is 12.1. The van der Waals surface area contributed by atoms with Gasteiger partial charge < -0.3 is 14.6 Å². The number of aromatic amines is 1. The number of nitrogens with one attached hydrogen (secondary N) is 1. The van der Waals surface area contributed by atoms with Crippen molar-refractivity contribution in [3.05, 3.63) is 54.1 Å². The Labute approximate surface area is 126 Å². The molecule has 5 nitrogen and oxygen atoms in total. The molecule has 6 heteroatoms. The minimum Gasteiger partial charge on any atom is -0.481 e. The van der Waals surface area contributed by atoms with Crippen LogP contribution in [0.3, 0.4) is 0 Å². The van der Waals surface area contributed by atoms with Crippen molar-refractivity contribution >= 4 is 22.5 Å². The molecule has 1 amide bonds. The smallest absolute Gasteiger partial charge is 0.274 e. The summed E-state index contributed by atoms with van der Waals surface area (Å²) in [5, 5.41) is 0.395. The number of anilines is 1. The van der Waals surface area contributed by atoms with E-state index >= 15 is 0 Å². The molecule has 0 fully saturated rings. The number of carbonyl (C=O) groups excluding carboxylic acids is 1. The van der Waals surface area contributed by atoms with Gasteiger partial charge in [0.1, 0.15) is 11.5 Å². The topological polar surface area (TPSA) is 58.2 Å². The van der Waals surface area contributed by atoms with E-state index in [0.717, 1.165) is 0 Å². The fourth-order valence-electron chi connectivity index (χ4n) is 2.22. The van der Waals surface area contributed by atoms with Crippen LogP contribution < -0.4 is 9.64 Å². The Morgan fingerprint density at radius 1 is 1.32 bits per heavy atom. The summed E-state index contributed by atoms with van der Waals surface area (Å²) in [6.07, 6.45) is 1.54. The number of halogens is 1. The van der Waals surface area contributed by atoms with Gasteiger partial charge in [-0.3, -0.25) is 4.79 Å². The summed E-state index contributed by atoms with van der Waals surface area (Å²) in [7, 11) is 3.16. The van der Waals surface area contributed by atoms with Crippen molar-refractivity contribution in [1.29, 1.82) is 0 Å². The summed E-state index contributed by atoms with van der Waals surface area (Å²) in [5.74, 6) is -0.165. The molecular formula is C16H14FN3O2. The van der Waals surface area contributed by atoms with Crippen LogP contribution in [0.2, 0.25) is 0 Å². The van der Waals surface area contributed by atoms with Crippen LogP contribution in [0.5, 0.6) is 5.88 Å². The number of rotatable bonds is 3. The molecule has 0 aliphatic rings. The van der Waals surface area contributed by atoms with Gasteiger partial charge in [-0.25, -0.2) is 9.37 Å². The van der Waals surface area contributed by atoms with E-state index in [1.54, 1.807) is 37.5 Å². The van der Waals surface area contributed by atoms with Crippen molar-refractivity contribution in [3.8, 4) is 5.88 Å². The minimum absolute atomic E-state index is 0.275. The molecule has 0 atom stereocenters. The van der Waals surface area contributed by atoms with Crippen molar-refractivity contribution in [3.63, 3.8) is 0 Å². The van der Waals surface area contributed by atoms with Crippen molar-refractivity contribution in [2.45, 2.75) is 0 Å². The monoisotopic (exact) mass is 299 g/mol. The Morgan fingerprint density at radius 3 is 2.77 bits per heavy atom. The van der Waals surface area contributed by atoms with E-state index in [2.05, 4.69) is 9.97 Å². The average molecular weight is 299 g/mol. The highest BCUT2D eigenvalue weighted by molar-refractivity contribution is 6.07. The number of nitrogens with zero attached hydrogens (tertiary/aromatic N) is 2. The molecule has 1 aromatic carbocycles. The van der Waals surface area contributed by atoms with Crippen LogP contribution in [0.25, 0.3) is 10.9 Å². The second-order valence-corrected chi connectivity index (χ2v) is 4.81. The van der Waals surface area contributed by atoms with Crippen LogP contribution in [0.4, 0.5) is 10.1 Å². The first-order valence-corrected chi connectivity index (χ1v) is 6.65. The van der Waals surface area contributed by atoms with Gasteiger partial charge in [0.2, 0.25) is 5.88 Å². The van der Waals surface area contributed by atoms with E-state index in [4.69, 9.17) is 4.74 Å². The third-order valence-corrected chi connectivity index (χ3v) is 3.46. The summed E-state index contributed by atoms with van der Waals surface area (Å²) < 4.78 is 18.7. The number of aromatic nitrogens is 2. The molecule has 0 aliphatic heterocycles. The summed E-state index contributed by atoms with van der Waals surface area (Å²) in [6, 6.07) is 9.60. The van der Waals surface area contributed by atoms with Gasteiger partial charge in [0.05, 0.1) is 19.0 Å². The number of hydrogen-bond donors (Lipinski definition) is 1.